The van der Waals surface area contributed by atoms with Gasteiger partial charge < -0.3 is 15.0 Å². The maximum absolute atomic E-state index is 12.8. The SMILES string of the molecule is COC(=O)[C@H]1CCCN(C(=O)c2c[c]cc(NC(=O)c3ccc(C)cc3)c2)C1. The maximum Gasteiger partial charge on any atom is 0.310 e. The summed E-state index contributed by atoms with van der Waals surface area (Å²) in [6.45, 7) is 2.88. The number of carbonyl (C=O) groups excluding carboxylic acids is 3. The minimum atomic E-state index is -0.295. The van der Waals surface area contributed by atoms with Crippen molar-refractivity contribution < 1.29 is 19.1 Å². The van der Waals surface area contributed by atoms with Crippen molar-refractivity contribution >= 4 is 23.5 Å². The van der Waals surface area contributed by atoms with E-state index in [1.807, 2.05) is 19.1 Å². The molecular weight excluding hydrogens is 356 g/mol. The number of benzene rings is 2. The summed E-state index contributed by atoms with van der Waals surface area (Å²) in [5.74, 6) is -1.02. The highest BCUT2D eigenvalue weighted by Crippen LogP contribution is 2.21. The van der Waals surface area contributed by atoms with E-state index in [-0.39, 0.29) is 23.7 Å². The number of nitrogens with zero attached hydrogens (tertiary/aromatic N) is 1. The highest BCUT2D eigenvalue weighted by atomic mass is 16.5. The van der Waals surface area contributed by atoms with Crippen LogP contribution < -0.4 is 5.32 Å². The van der Waals surface area contributed by atoms with E-state index < -0.39 is 0 Å². The van der Waals surface area contributed by atoms with Gasteiger partial charge in [-0.05, 0) is 56.2 Å². The minimum absolute atomic E-state index is 0.184. The van der Waals surface area contributed by atoms with E-state index >= 15 is 0 Å². The summed E-state index contributed by atoms with van der Waals surface area (Å²) in [7, 11) is 1.36. The number of amides is 2. The van der Waals surface area contributed by atoms with E-state index in [0.29, 0.717) is 29.9 Å². The van der Waals surface area contributed by atoms with Gasteiger partial charge in [-0.2, -0.15) is 0 Å². The van der Waals surface area contributed by atoms with Crippen LogP contribution in [0, 0.1) is 18.9 Å². The number of piperidine rings is 1. The quantitative estimate of drug-likeness (QED) is 0.829. The predicted octanol–water partition coefficient (Wildman–Crippen LogP) is 3.07. The molecule has 0 unspecified atom stereocenters. The number of anilines is 1. The molecule has 0 spiro atoms. The van der Waals surface area contributed by atoms with E-state index in [9.17, 15) is 14.4 Å². The Morgan fingerprint density at radius 3 is 2.61 bits per heavy atom. The number of rotatable bonds is 4. The van der Waals surface area contributed by atoms with E-state index in [0.717, 1.165) is 18.4 Å². The Bertz CT molecular complexity index is 876. The predicted molar refractivity (Wildman–Crippen MR) is 105 cm³/mol. The Balaban J connectivity index is 1.70. The van der Waals surface area contributed by atoms with Crippen LogP contribution in [0.1, 0.15) is 39.1 Å². The molecule has 1 saturated heterocycles. The van der Waals surface area contributed by atoms with Crippen molar-refractivity contribution in [1.29, 1.82) is 0 Å². The van der Waals surface area contributed by atoms with Crippen LogP contribution in [0.25, 0.3) is 0 Å². The summed E-state index contributed by atoms with van der Waals surface area (Å²) in [5.41, 5.74) is 2.54. The number of aryl methyl sites for hydroxylation is 1. The highest BCUT2D eigenvalue weighted by Gasteiger charge is 2.29. The summed E-state index contributed by atoms with van der Waals surface area (Å²) in [6.07, 6.45) is 1.47. The molecule has 145 valence electrons. The van der Waals surface area contributed by atoms with Gasteiger partial charge in [0.25, 0.3) is 11.8 Å². The van der Waals surface area contributed by atoms with Crippen LogP contribution >= 0.6 is 0 Å². The van der Waals surface area contributed by atoms with Crippen LogP contribution in [0.3, 0.4) is 0 Å². The monoisotopic (exact) mass is 379 g/mol. The molecule has 0 bridgehead atoms. The summed E-state index contributed by atoms with van der Waals surface area (Å²) in [6, 6.07) is 15.0. The maximum atomic E-state index is 12.8. The molecule has 0 aliphatic carbocycles. The minimum Gasteiger partial charge on any atom is -0.469 e. The van der Waals surface area contributed by atoms with Crippen molar-refractivity contribution in [2.75, 3.05) is 25.5 Å². The molecule has 1 fully saturated rings. The van der Waals surface area contributed by atoms with Gasteiger partial charge in [0.1, 0.15) is 0 Å². The molecule has 1 heterocycles. The largest absolute Gasteiger partial charge is 0.469 e. The van der Waals surface area contributed by atoms with Crippen LogP contribution in [0.2, 0.25) is 0 Å². The van der Waals surface area contributed by atoms with E-state index in [2.05, 4.69) is 11.4 Å². The topological polar surface area (TPSA) is 75.7 Å². The lowest BCUT2D eigenvalue weighted by molar-refractivity contribution is -0.146. The number of ether oxygens (including phenoxy) is 1. The third-order valence-corrected chi connectivity index (χ3v) is 4.85. The smallest absolute Gasteiger partial charge is 0.310 e. The Morgan fingerprint density at radius 1 is 1.14 bits per heavy atom. The Labute approximate surface area is 164 Å². The molecule has 6 heteroatoms. The van der Waals surface area contributed by atoms with Gasteiger partial charge in [0, 0.05) is 29.9 Å². The van der Waals surface area contributed by atoms with Crippen LogP contribution in [0.5, 0.6) is 0 Å². The zero-order valence-corrected chi connectivity index (χ0v) is 16.0. The molecule has 1 aliphatic rings. The molecular formula is C22H23N2O4. The summed E-state index contributed by atoms with van der Waals surface area (Å²) in [4.78, 5) is 38.7. The third kappa shape index (κ3) is 4.57. The van der Waals surface area contributed by atoms with E-state index in [1.54, 1.807) is 35.2 Å². The molecule has 1 N–H and O–H groups in total. The Hall–Kier alpha value is -3.15. The molecule has 1 radical (unpaired) electrons. The molecule has 0 saturated carbocycles. The molecule has 0 aromatic heterocycles. The van der Waals surface area contributed by atoms with Crippen LogP contribution in [0.15, 0.2) is 42.5 Å². The molecule has 6 nitrogen and oxygen atoms in total. The summed E-state index contributed by atoms with van der Waals surface area (Å²) >= 11 is 0. The number of esters is 1. The number of methoxy groups -OCH3 is 1. The standard InChI is InChI=1S/C22H23N2O4/c1-15-8-10-16(11-9-15)20(25)23-19-7-3-5-17(13-19)21(26)24-12-4-6-18(14-24)22(27)28-2/h5,7-11,13,18H,4,6,12,14H2,1-2H3,(H,23,25)/t18-/m0/s1. The fourth-order valence-electron chi connectivity index (χ4n) is 3.28. The summed E-state index contributed by atoms with van der Waals surface area (Å²) in [5, 5.41) is 2.80. The normalized spacial score (nSPS) is 16.4. The van der Waals surface area contributed by atoms with Gasteiger partial charge in [0.2, 0.25) is 0 Å². The van der Waals surface area contributed by atoms with Gasteiger partial charge in [-0.15, -0.1) is 0 Å². The number of nitrogens with one attached hydrogen (secondary N) is 1. The molecule has 28 heavy (non-hydrogen) atoms. The Kier molecular flexibility index (Phi) is 6.09. The third-order valence-electron chi connectivity index (χ3n) is 4.85. The lowest BCUT2D eigenvalue weighted by Crippen LogP contribution is -2.42. The number of carbonyl (C=O) groups is 3. The van der Waals surface area contributed by atoms with Gasteiger partial charge in [0.05, 0.1) is 13.0 Å². The average molecular weight is 379 g/mol. The second-order valence-electron chi connectivity index (χ2n) is 6.94. The van der Waals surface area contributed by atoms with Crippen molar-refractivity contribution in [1.82, 2.24) is 4.90 Å². The van der Waals surface area contributed by atoms with Gasteiger partial charge in [0.15, 0.2) is 0 Å². The molecule has 2 aromatic carbocycles. The van der Waals surface area contributed by atoms with E-state index in [4.69, 9.17) is 4.74 Å². The first-order chi connectivity index (χ1) is 13.5. The highest BCUT2D eigenvalue weighted by molar-refractivity contribution is 6.05. The van der Waals surface area contributed by atoms with Crippen molar-refractivity contribution in [3.05, 3.63) is 65.2 Å². The van der Waals surface area contributed by atoms with E-state index in [1.165, 1.54) is 7.11 Å². The van der Waals surface area contributed by atoms with Gasteiger partial charge >= 0.3 is 5.97 Å². The van der Waals surface area contributed by atoms with Gasteiger partial charge in [-0.3, -0.25) is 14.4 Å². The molecule has 2 aromatic rings. The number of hydrogen-bond acceptors (Lipinski definition) is 4. The fourth-order valence-corrected chi connectivity index (χ4v) is 3.28. The second kappa shape index (κ2) is 8.69. The first kappa shape index (κ1) is 19.6. The Morgan fingerprint density at radius 2 is 1.89 bits per heavy atom. The van der Waals surface area contributed by atoms with Crippen LogP contribution in [-0.4, -0.2) is 42.9 Å². The molecule has 2 amide bonds. The number of hydrogen-bond donors (Lipinski definition) is 1. The first-order valence-corrected chi connectivity index (χ1v) is 9.24. The second-order valence-corrected chi connectivity index (χ2v) is 6.94. The van der Waals surface area contributed by atoms with Crippen LogP contribution in [0.4, 0.5) is 5.69 Å². The summed E-state index contributed by atoms with van der Waals surface area (Å²) < 4.78 is 4.81. The van der Waals surface area contributed by atoms with Crippen molar-refractivity contribution in [3.8, 4) is 0 Å². The van der Waals surface area contributed by atoms with Gasteiger partial charge in [-0.25, -0.2) is 0 Å². The van der Waals surface area contributed by atoms with Crippen LogP contribution in [-0.2, 0) is 9.53 Å². The zero-order chi connectivity index (χ0) is 20.1. The van der Waals surface area contributed by atoms with Crippen molar-refractivity contribution in [3.63, 3.8) is 0 Å². The molecule has 1 atom stereocenters. The molecule has 1 aliphatic heterocycles. The average Bonchev–Trinajstić information content (AvgIpc) is 2.73. The van der Waals surface area contributed by atoms with Gasteiger partial charge in [-0.1, -0.05) is 17.7 Å². The number of likely N-dealkylation sites (tertiary alicyclic amines) is 1. The zero-order valence-electron chi connectivity index (χ0n) is 16.0. The first-order valence-electron chi connectivity index (χ1n) is 9.24. The lowest BCUT2D eigenvalue weighted by Gasteiger charge is -2.31. The molecule has 3 rings (SSSR count). The van der Waals surface area contributed by atoms with Crippen molar-refractivity contribution in [2.24, 2.45) is 5.92 Å². The fraction of sp³-hybridized carbons (Fsp3) is 0.318. The lowest BCUT2D eigenvalue weighted by atomic mass is 9.97. The van der Waals surface area contributed by atoms with Crippen molar-refractivity contribution in [2.45, 2.75) is 19.8 Å².